The van der Waals surface area contributed by atoms with Crippen LogP contribution in [0.25, 0.3) is 10.8 Å². The average molecular weight is 599 g/mol. The molecule has 6 rings (SSSR count). The van der Waals surface area contributed by atoms with Crippen molar-refractivity contribution in [2.24, 2.45) is 0 Å². The van der Waals surface area contributed by atoms with Crippen molar-refractivity contribution < 1.29 is 47.6 Å². The minimum Gasteiger partial charge on any atom is -0.497 e. The molecule has 0 aliphatic carbocycles. The fourth-order valence-corrected chi connectivity index (χ4v) is 5.70. The molecule has 0 N–H and O–H groups in total. The Labute approximate surface area is 251 Å². The van der Waals surface area contributed by atoms with E-state index in [1.807, 2.05) is 0 Å². The summed E-state index contributed by atoms with van der Waals surface area (Å²) < 4.78 is 32.8. The smallest absolute Gasteiger partial charge is 0.269 e. The van der Waals surface area contributed by atoms with Gasteiger partial charge in [0, 0.05) is 22.9 Å². The number of hydrogen-bond donors (Lipinski definition) is 0. The molecule has 2 aliphatic heterocycles. The van der Waals surface area contributed by atoms with E-state index in [0.717, 1.165) is 9.80 Å². The van der Waals surface area contributed by atoms with Gasteiger partial charge < -0.3 is 28.4 Å². The van der Waals surface area contributed by atoms with Crippen molar-refractivity contribution in [1.82, 2.24) is 0 Å². The summed E-state index contributed by atoms with van der Waals surface area (Å²) in [6.07, 6.45) is 0. The van der Waals surface area contributed by atoms with Gasteiger partial charge in [0.05, 0.1) is 76.3 Å². The van der Waals surface area contributed by atoms with E-state index in [4.69, 9.17) is 28.4 Å². The van der Waals surface area contributed by atoms with Crippen molar-refractivity contribution in [3.8, 4) is 34.5 Å². The van der Waals surface area contributed by atoms with Gasteiger partial charge in [0.15, 0.2) is 0 Å². The van der Waals surface area contributed by atoms with Crippen molar-refractivity contribution >= 4 is 45.8 Å². The predicted molar refractivity (Wildman–Crippen MR) is 158 cm³/mol. The van der Waals surface area contributed by atoms with Crippen LogP contribution in [0.3, 0.4) is 0 Å². The summed E-state index contributed by atoms with van der Waals surface area (Å²) in [5, 5.41) is 0.217. The van der Waals surface area contributed by atoms with E-state index < -0.39 is 23.6 Å². The first-order valence-corrected chi connectivity index (χ1v) is 13.2. The summed E-state index contributed by atoms with van der Waals surface area (Å²) in [4.78, 5) is 58.6. The summed E-state index contributed by atoms with van der Waals surface area (Å²) in [6, 6.07) is 12.1. The Kier molecular flexibility index (Phi) is 6.76. The Balaban J connectivity index is 1.63. The highest BCUT2D eigenvalue weighted by atomic mass is 16.5. The molecule has 0 unspecified atom stereocenters. The molecular formula is C32H26N2O10. The molecule has 4 aromatic rings. The van der Waals surface area contributed by atoms with Gasteiger partial charge in [0.2, 0.25) is 0 Å². The monoisotopic (exact) mass is 598 g/mol. The van der Waals surface area contributed by atoms with E-state index in [9.17, 15) is 19.2 Å². The van der Waals surface area contributed by atoms with Crippen LogP contribution in [0.1, 0.15) is 41.4 Å². The second-order valence-electron chi connectivity index (χ2n) is 9.72. The van der Waals surface area contributed by atoms with Crippen molar-refractivity contribution in [2.75, 3.05) is 52.5 Å². The Morgan fingerprint density at radius 2 is 0.795 bits per heavy atom. The zero-order chi connectivity index (χ0) is 31.4. The van der Waals surface area contributed by atoms with Crippen LogP contribution in [-0.4, -0.2) is 66.3 Å². The molecule has 2 aliphatic rings. The van der Waals surface area contributed by atoms with Crippen LogP contribution >= 0.6 is 0 Å². The number of nitrogens with zero attached hydrogens (tertiary/aromatic N) is 2. The second kappa shape index (κ2) is 10.5. The molecule has 44 heavy (non-hydrogen) atoms. The largest absolute Gasteiger partial charge is 0.497 e. The summed E-state index contributed by atoms with van der Waals surface area (Å²) in [5.74, 6) is -1.50. The molecule has 0 fully saturated rings. The summed E-state index contributed by atoms with van der Waals surface area (Å²) in [5.41, 5.74) is 0.382. The summed E-state index contributed by atoms with van der Waals surface area (Å²) >= 11 is 0. The lowest BCUT2D eigenvalue weighted by molar-refractivity contribution is 0.0869. The summed E-state index contributed by atoms with van der Waals surface area (Å²) in [7, 11) is 8.46. The molecule has 2 heterocycles. The Morgan fingerprint density at radius 3 is 1.11 bits per heavy atom. The molecule has 0 saturated carbocycles. The Bertz CT molecular complexity index is 1790. The fraction of sp³-hybridized carbons (Fsp3) is 0.188. The number of benzene rings is 4. The van der Waals surface area contributed by atoms with E-state index in [-0.39, 0.29) is 67.4 Å². The van der Waals surface area contributed by atoms with Crippen LogP contribution in [0, 0.1) is 0 Å². The third-order valence-electron chi connectivity index (χ3n) is 7.73. The van der Waals surface area contributed by atoms with Gasteiger partial charge in [-0.25, -0.2) is 9.80 Å². The lowest BCUT2D eigenvalue weighted by Gasteiger charge is -2.34. The zero-order valence-electron chi connectivity index (χ0n) is 24.6. The quantitative estimate of drug-likeness (QED) is 0.267. The zero-order valence-corrected chi connectivity index (χ0v) is 24.6. The third-order valence-corrected chi connectivity index (χ3v) is 7.73. The molecule has 0 saturated heterocycles. The van der Waals surface area contributed by atoms with Gasteiger partial charge in [-0.15, -0.1) is 0 Å². The maximum absolute atomic E-state index is 14.2. The van der Waals surface area contributed by atoms with Gasteiger partial charge in [-0.2, -0.15) is 0 Å². The van der Waals surface area contributed by atoms with Gasteiger partial charge in [0.1, 0.15) is 34.5 Å². The van der Waals surface area contributed by atoms with E-state index in [2.05, 4.69) is 0 Å². The second-order valence-corrected chi connectivity index (χ2v) is 9.72. The maximum atomic E-state index is 14.2. The molecular weight excluding hydrogens is 572 g/mol. The minimum absolute atomic E-state index is 0.00120. The number of hydrogen-bond acceptors (Lipinski definition) is 10. The van der Waals surface area contributed by atoms with E-state index in [1.165, 1.54) is 66.9 Å². The molecule has 12 nitrogen and oxygen atoms in total. The number of carbonyl (C=O) groups is 4. The number of ether oxygens (including phenoxy) is 6. The topological polar surface area (TPSA) is 130 Å². The number of carbonyl (C=O) groups excluding carboxylic acids is 4. The van der Waals surface area contributed by atoms with Crippen LogP contribution in [0.5, 0.6) is 34.5 Å². The SMILES string of the molecule is COc1ccc(N2C(=O)c3cc(OC)c4c5c(cc(OC)c(c35)C2=O)C(=O)N(c2ccc(OC)cc2OC)C4=O)c(OC)c1. The van der Waals surface area contributed by atoms with Gasteiger partial charge in [0.25, 0.3) is 23.6 Å². The number of amides is 4. The average Bonchev–Trinajstić information content (AvgIpc) is 3.05. The molecule has 12 heteroatoms. The van der Waals surface area contributed by atoms with E-state index >= 15 is 0 Å². The molecule has 4 aromatic carbocycles. The molecule has 0 radical (unpaired) electrons. The molecule has 0 aromatic heterocycles. The van der Waals surface area contributed by atoms with Crippen LogP contribution < -0.4 is 38.2 Å². The van der Waals surface area contributed by atoms with Crippen molar-refractivity contribution in [3.63, 3.8) is 0 Å². The normalized spacial score (nSPS) is 13.8. The van der Waals surface area contributed by atoms with Crippen LogP contribution in [0.4, 0.5) is 11.4 Å². The highest BCUT2D eigenvalue weighted by Gasteiger charge is 2.45. The number of rotatable bonds is 8. The van der Waals surface area contributed by atoms with Gasteiger partial charge in [-0.3, -0.25) is 19.2 Å². The minimum atomic E-state index is -0.732. The molecule has 0 bridgehead atoms. The Morgan fingerprint density at radius 1 is 0.432 bits per heavy atom. The van der Waals surface area contributed by atoms with Crippen LogP contribution in [-0.2, 0) is 0 Å². The van der Waals surface area contributed by atoms with Crippen molar-refractivity contribution in [2.45, 2.75) is 0 Å². The molecule has 4 amide bonds. The highest BCUT2D eigenvalue weighted by molar-refractivity contribution is 6.43. The van der Waals surface area contributed by atoms with Crippen molar-refractivity contribution in [3.05, 3.63) is 70.8 Å². The first-order chi connectivity index (χ1) is 21.2. The summed E-state index contributed by atoms with van der Waals surface area (Å²) in [6.45, 7) is 0. The number of imide groups is 2. The lowest BCUT2D eigenvalue weighted by Crippen LogP contribution is -2.44. The highest BCUT2D eigenvalue weighted by Crippen LogP contribution is 2.48. The fourth-order valence-electron chi connectivity index (χ4n) is 5.70. The van der Waals surface area contributed by atoms with Gasteiger partial charge in [-0.05, 0) is 36.4 Å². The first kappa shape index (κ1) is 28.3. The third kappa shape index (κ3) is 3.84. The Hall–Kier alpha value is -5.78. The lowest BCUT2D eigenvalue weighted by atomic mass is 9.84. The molecule has 224 valence electrons. The van der Waals surface area contributed by atoms with Gasteiger partial charge >= 0.3 is 0 Å². The maximum Gasteiger partial charge on any atom is 0.269 e. The number of anilines is 2. The predicted octanol–water partition coefficient (Wildman–Crippen LogP) is 4.49. The van der Waals surface area contributed by atoms with E-state index in [1.54, 1.807) is 24.3 Å². The molecule has 0 atom stereocenters. The van der Waals surface area contributed by atoms with E-state index in [0.29, 0.717) is 11.5 Å². The standard InChI is InChI=1S/C32H26N2O10/c1-39-15-7-9-19(21(11-15)41-3)33-29(35)17-13-24(44-6)28-26-18(14-23(43-5)27(25(17)26)31(33)37)30(36)34(32(28)38)20-10-8-16(40-2)12-22(20)42-4/h7-14H,1-6H3. The number of methoxy groups -OCH3 is 6. The van der Waals surface area contributed by atoms with Crippen LogP contribution in [0.2, 0.25) is 0 Å². The molecule has 0 spiro atoms. The van der Waals surface area contributed by atoms with Gasteiger partial charge in [-0.1, -0.05) is 0 Å². The van der Waals surface area contributed by atoms with Crippen molar-refractivity contribution in [1.29, 1.82) is 0 Å². The van der Waals surface area contributed by atoms with Crippen LogP contribution in [0.15, 0.2) is 48.5 Å². The first-order valence-electron chi connectivity index (χ1n) is 13.2.